The van der Waals surface area contributed by atoms with E-state index in [1.165, 1.54) is 12.1 Å². The number of nitrogens with zero attached hydrogens (tertiary/aromatic N) is 1. The fourth-order valence-corrected chi connectivity index (χ4v) is 3.48. The number of piperidine rings is 1. The average Bonchev–Trinajstić information content (AvgIpc) is 2.53. The van der Waals surface area contributed by atoms with Gasteiger partial charge in [-0.15, -0.1) is 0 Å². The Morgan fingerprint density at radius 2 is 1.95 bits per heavy atom. The van der Waals surface area contributed by atoms with Crippen molar-refractivity contribution < 1.29 is 17.6 Å². The summed E-state index contributed by atoms with van der Waals surface area (Å²) in [6.07, 6.45) is 1.40. The highest BCUT2D eigenvalue weighted by Crippen LogP contribution is 2.19. The molecule has 0 atom stereocenters. The first-order valence-electron chi connectivity index (χ1n) is 7.00. The van der Waals surface area contributed by atoms with Gasteiger partial charge in [0.05, 0.1) is 5.56 Å². The van der Waals surface area contributed by atoms with E-state index < -0.39 is 15.8 Å². The molecule has 1 heterocycles. The fraction of sp³-hybridized carbons (Fsp3) is 0.500. The molecule has 1 aliphatic rings. The normalized spacial score (nSPS) is 16.7. The van der Waals surface area contributed by atoms with Gasteiger partial charge in [0, 0.05) is 19.6 Å². The first kappa shape index (κ1) is 17.4. The largest absolute Gasteiger partial charge is 0.339 e. The van der Waals surface area contributed by atoms with Crippen LogP contribution in [-0.2, 0) is 10.0 Å². The van der Waals surface area contributed by atoms with Crippen molar-refractivity contribution in [2.75, 3.05) is 24.3 Å². The number of halogens is 2. The lowest BCUT2D eigenvalue weighted by molar-refractivity contribution is 0.0687. The van der Waals surface area contributed by atoms with E-state index in [4.69, 9.17) is 0 Å². The van der Waals surface area contributed by atoms with Crippen molar-refractivity contribution in [3.05, 3.63) is 35.6 Å². The molecule has 0 aliphatic carbocycles. The highest BCUT2D eigenvalue weighted by atomic mass is 79.9. The number of sulfonamides is 1. The van der Waals surface area contributed by atoms with Crippen molar-refractivity contribution >= 4 is 31.9 Å². The van der Waals surface area contributed by atoms with E-state index in [0.29, 0.717) is 32.5 Å². The minimum atomic E-state index is -3.26. The summed E-state index contributed by atoms with van der Waals surface area (Å²) in [5, 5.41) is 0. The maximum atomic E-state index is 13.6. The fourth-order valence-electron chi connectivity index (χ4n) is 2.43. The summed E-state index contributed by atoms with van der Waals surface area (Å²) in [6, 6.07) is 5.94. The Kier molecular flexibility index (Phi) is 5.94. The van der Waals surface area contributed by atoms with Gasteiger partial charge in [-0.05, 0) is 30.9 Å². The zero-order chi connectivity index (χ0) is 16.2. The molecule has 1 aliphatic heterocycles. The van der Waals surface area contributed by atoms with Gasteiger partial charge in [-0.1, -0.05) is 28.1 Å². The second-order valence-corrected chi connectivity index (χ2v) is 8.40. The summed E-state index contributed by atoms with van der Waals surface area (Å²) in [5.74, 6) is -0.629. The number of hydrogen-bond donors (Lipinski definition) is 1. The molecule has 2 rings (SSSR count). The Morgan fingerprint density at radius 3 is 2.55 bits per heavy atom. The second-order valence-electron chi connectivity index (χ2n) is 5.29. The minimum absolute atomic E-state index is 0.0842. The molecular weight excluding hydrogens is 375 g/mol. The van der Waals surface area contributed by atoms with Crippen LogP contribution in [0.15, 0.2) is 24.3 Å². The second kappa shape index (κ2) is 7.52. The molecule has 0 bridgehead atoms. The van der Waals surface area contributed by atoms with E-state index in [-0.39, 0.29) is 22.1 Å². The zero-order valence-corrected chi connectivity index (χ0v) is 14.4. The van der Waals surface area contributed by atoms with E-state index in [9.17, 15) is 17.6 Å². The van der Waals surface area contributed by atoms with Crippen LogP contribution in [0.4, 0.5) is 4.39 Å². The minimum Gasteiger partial charge on any atom is -0.339 e. The van der Waals surface area contributed by atoms with Crippen LogP contribution in [0.2, 0.25) is 0 Å². The summed E-state index contributed by atoms with van der Waals surface area (Å²) >= 11 is 2.92. The van der Waals surface area contributed by atoms with Gasteiger partial charge in [-0.3, -0.25) is 4.79 Å². The van der Waals surface area contributed by atoms with E-state index in [1.807, 2.05) is 0 Å². The molecule has 1 amide bonds. The standard InChI is InChI=1S/C14H18BrFN2O3S/c15-10-22(20,21)17-9-11-5-7-18(8-6-11)14(19)12-3-1-2-4-13(12)16/h1-4,11,17H,5-10H2. The van der Waals surface area contributed by atoms with Crippen LogP contribution in [0.3, 0.4) is 0 Å². The number of benzene rings is 1. The molecule has 0 aromatic heterocycles. The Morgan fingerprint density at radius 1 is 1.32 bits per heavy atom. The van der Waals surface area contributed by atoms with Gasteiger partial charge in [0.2, 0.25) is 10.0 Å². The van der Waals surface area contributed by atoms with Crippen molar-refractivity contribution in [2.45, 2.75) is 12.8 Å². The SMILES string of the molecule is O=C(c1ccccc1F)N1CCC(CNS(=O)(=O)CBr)CC1. The lowest BCUT2D eigenvalue weighted by atomic mass is 9.96. The molecule has 0 unspecified atom stereocenters. The highest BCUT2D eigenvalue weighted by molar-refractivity contribution is 9.10. The molecule has 1 fully saturated rings. The van der Waals surface area contributed by atoms with E-state index in [2.05, 4.69) is 20.7 Å². The Hall–Kier alpha value is -0.990. The maximum Gasteiger partial charge on any atom is 0.256 e. The first-order valence-corrected chi connectivity index (χ1v) is 9.77. The number of likely N-dealkylation sites (tertiary alicyclic amines) is 1. The van der Waals surface area contributed by atoms with Crippen LogP contribution in [0.25, 0.3) is 0 Å². The van der Waals surface area contributed by atoms with Gasteiger partial charge in [-0.2, -0.15) is 0 Å². The molecule has 1 N–H and O–H groups in total. The lowest BCUT2D eigenvalue weighted by Crippen LogP contribution is -2.41. The van der Waals surface area contributed by atoms with Crippen molar-refractivity contribution in [1.29, 1.82) is 0 Å². The summed E-state index contributed by atoms with van der Waals surface area (Å²) < 4.78 is 38.8. The molecule has 1 saturated heterocycles. The number of amides is 1. The lowest BCUT2D eigenvalue weighted by Gasteiger charge is -2.32. The number of carbonyl (C=O) groups excluding carboxylic acids is 1. The van der Waals surface area contributed by atoms with Crippen molar-refractivity contribution in [3.8, 4) is 0 Å². The molecular formula is C14H18BrFN2O3S. The molecule has 122 valence electrons. The predicted molar refractivity (Wildman–Crippen MR) is 85.7 cm³/mol. The third-order valence-corrected chi connectivity index (χ3v) is 6.44. The maximum absolute atomic E-state index is 13.6. The molecule has 1 aromatic rings. The zero-order valence-electron chi connectivity index (χ0n) is 12.0. The average molecular weight is 393 g/mol. The Balaban J connectivity index is 1.87. The molecule has 0 spiro atoms. The summed E-state index contributed by atoms with van der Waals surface area (Å²) in [6.45, 7) is 1.39. The monoisotopic (exact) mass is 392 g/mol. The van der Waals surface area contributed by atoms with Crippen molar-refractivity contribution in [2.24, 2.45) is 5.92 Å². The van der Waals surface area contributed by atoms with Crippen LogP contribution in [0.5, 0.6) is 0 Å². The molecule has 1 aromatic carbocycles. The number of carbonyl (C=O) groups is 1. The van der Waals surface area contributed by atoms with Crippen LogP contribution in [0, 0.1) is 11.7 Å². The van der Waals surface area contributed by atoms with Gasteiger partial charge in [0.1, 0.15) is 10.5 Å². The summed E-state index contributed by atoms with van der Waals surface area (Å²) in [7, 11) is -3.26. The Labute approximate surface area is 138 Å². The molecule has 0 saturated carbocycles. The van der Waals surface area contributed by atoms with Crippen LogP contribution in [0.1, 0.15) is 23.2 Å². The summed E-state index contributed by atoms with van der Waals surface area (Å²) in [4.78, 5) is 13.9. The van der Waals surface area contributed by atoms with E-state index >= 15 is 0 Å². The number of rotatable bonds is 5. The quantitative estimate of drug-likeness (QED) is 0.778. The third-order valence-electron chi connectivity index (χ3n) is 3.74. The molecule has 22 heavy (non-hydrogen) atoms. The molecule has 5 nitrogen and oxygen atoms in total. The van der Waals surface area contributed by atoms with Crippen molar-refractivity contribution in [1.82, 2.24) is 9.62 Å². The highest BCUT2D eigenvalue weighted by Gasteiger charge is 2.25. The van der Waals surface area contributed by atoms with Crippen molar-refractivity contribution in [3.63, 3.8) is 0 Å². The topological polar surface area (TPSA) is 66.5 Å². The van der Waals surface area contributed by atoms with Gasteiger partial charge < -0.3 is 4.90 Å². The van der Waals surface area contributed by atoms with Crippen LogP contribution in [-0.4, -0.2) is 43.5 Å². The van der Waals surface area contributed by atoms with Crippen LogP contribution < -0.4 is 4.72 Å². The number of nitrogens with one attached hydrogen (secondary N) is 1. The first-order chi connectivity index (χ1) is 10.4. The smallest absolute Gasteiger partial charge is 0.256 e. The number of alkyl halides is 1. The van der Waals surface area contributed by atoms with Gasteiger partial charge in [0.25, 0.3) is 5.91 Å². The Bertz CT molecular complexity index is 631. The molecule has 0 radical (unpaired) electrons. The van der Waals surface area contributed by atoms with E-state index in [1.54, 1.807) is 17.0 Å². The van der Waals surface area contributed by atoms with Gasteiger partial charge in [0.15, 0.2) is 0 Å². The van der Waals surface area contributed by atoms with Gasteiger partial charge in [-0.25, -0.2) is 17.5 Å². The third kappa shape index (κ3) is 4.50. The van der Waals surface area contributed by atoms with E-state index in [0.717, 1.165) is 0 Å². The molecule has 8 heteroatoms. The number of hydrogen-bond acceptors (Lipinski definition) is 3. The predicted octanol–water partition coefficient (Wildman–Crippen LogP) is 1.95. The van der Waals surface area contributed by atoms with Crippen LogP contribution >= 0.6 is 15.9 Å². The summed E-state index contributed by atoms with van der Waals surface area (Å²) in [5.41, 5.74) is 0.0842. The van der Waals surface area contributed by atoms with Gasteiger partial charge >= 0.3 is 0 Å².